The second-order valence-corrected chi connectivity index (χ2v) is 7.16. The van der Waals surface area contributed by atoms with E-state index in [1.165, 1.54) is 0 Å². The second-order valence-electron chi connectivity index (χ2n) is 6.17. The second kappa shape index (κ2) is 5.94. The molecule has 1 heterocycles. The van der Waals surface area contributed by atoms with E-state index in [2.05, 4.69) is 57.8 Å². The third kappa shape index (κ3) is 5.76. The molecule has 86 valence electrons. The molecule has 0 aliphatic rings. The van der Waals surface area contributed by atoms with Crippen molar-refractivity contribution in [2.24, 2.45) is 5.41 Å². The summed E-state index contributed by atoms with van der Waals surface area (Å²) < 4.78 is 0. The van der Waals surface area contributed by atoms with Gasteiger partial charge in [-0.05, 0) is 16.9 Å². The summed E-state index contributed by atoms with van der Waals surface area (Å²) in [5.74, 6) is 1.08. The van der Waals surface area contributed by atoms with Gasteiger partial charge < -0.3 is 10.2 Å². The Balaban J connectivity index is 0.00000225. The molecule has 2 nitrogen and oxygen atoms in total. The van der Waals surface area contributed by atoms with Crippen LogP contribution in [0.2, 0.25) is 0 Å². The minimum atomic E-state index is 0. The zero-order valence-electron chi connectivity index (χ0n) is 11.6. The van der Waals surface area contributed by atoms with Gasteiger partial charge in [0.1, 0.15) is 0 Å². The van der Waals surface area contributed by atoms with Gasteiger partial charge in [-0.1, -0.05) is 41.5 Å². The SMILES string of the molecule is CC(C)(C)CSc1cc(C(C)(C)C)[n-]n1.[Na+]. The fourth-order valence-corrected chi connectivity index (χ4v) is 1.88. The van der Waals surface area contributed by atoms with Crippen molar-refractivity contribution in [2.75, 3.05) is 5.75 Å². The van der Waals surface area contributed by atoms with Gasteiger partial charge in [0.15, 0.2) is 0 Å². The van der Waals surface area contributed by atoms with E-state index >= 15 is 0 Å². The van der Waals surface area contributed by atoms with Crippen LogP contribution in [0.3, 0.4) is 0 Å². The zero-order chi connectivity index (χ0) is 11.7. The van der Waals surface area contributed by atoms with Gasteiger partial charge in [0.05, 0.1) is 5.03 Å². The Morgan fingerprint density at radius 2 is 1.75 bits per heavy atom. The van der Waals surface area contributed by atoms with Crippen molar-refractivity contribution in [1.82, 2.24) is 10.2 Å². The van der Waals surface area contributed by atoms with E-state index in [1.807, 2.05) is 0 Å². The largest absolute Gasteiger partial charge is 1.00 e. The molecule has 0 aliphatic heterocycles. The van der Waals surface area contributed by atoms with Gasteiger partial charge in [0.2, 0.25) is 0 Å². The van der Waals surface area contributed by atoms with Crippen molar-refractivity contribution >= 4 is 11.8 Å². The summed E-state index contributed by atoms with van der Waals surface area (Å²) in [5, 5.41) is 9.47. The number of thioether (sulfide) groups is 1. The van der Waals surface area contributed by atoms with E-state index in [0.29, 0.717) is 5.41 Å². The third-order valence-corrected chi connectivity index (χ3v) is 3.44. The quantitative estimate of drug-likeness (QED) is 0.563. The topological polar surface area (TPSA) is 27.0 Å². The minimum Gasteiger partial charge on any atom is -0.578 e. The van der Waals surface area contributed by atoms with Gasteiger partial charge in [-0.25, -0.2) is 0 Å². The standard InChI is InChI=1S/C12H21N2S.Na/c1-11(2,3)8-15-10-7-9(13-14-10)12(4,5)6;/h7H,8H2,1-6H3;/q-1;+1. The molecular weight excluding hydrogens is 227 g/mol. The van der Waals surface area contributed by atoms with Gasteiger partial charge in [-0.2, -0.15) is 0 Å². The molecule has 0 saturated carbocycles. The predicted molar refractivity (Wildman–Crippen MR) is 66.4 cm³/mol. The summed E-state index contributed by atoms with van der Waals surface area (Å²) >= 11 is 1.79. The van der Waals surface area contributed by atoms with Crippen LogP contribution in [0, 0.1) is 5.41 Å². The van der Waals surface area contributed by atoms with Gasteiger partial charge in [0, 0.05) is 5.75 Å². The predicted octanol–water partition coefficient (Wildman–Crippen LogP) is 0.478. The Morgan fingerprint density at radius 3 is 2.12 bits per heavy atom. The Kier molecular flexibility index (Phi) is 6.15. The average Bonchev–Trinajstić information content (AvgIpc) is 2.45. The minimum absolute atomic E-state index is 0. The summed E-state index contributed by atoms with van der Waals surface area (Å²) in [5.41, 5.74) is 1.53. The van der Waals surface area contributed by atoms with Crippen LogP contribution in [0.4, 0.5) is 0 Å². The van der Waals surface area contributed by atoms with Crippen molar-refractivity contribution in [3.05, 3.63) is 11.8 Å². The van der Waals surface area contributed by atoms with Crippen LogP contribution in [0.1, 0.15) is 47.2 Å². The number of nitrogens with zero attached hydrogens (tertiary/aromatic N) is 2. The first-order chi connectivity index (χ1) is 6.68. The van der Waals surface area contributed by atoms with Crippen LogP contribution in [0.25, 0.3) is 0 Å². The van der Waals surface area contributed by atoms with E-state index in [4.69, 9.17) is 0 Å². The van der Waals surface area contributed by atoms with Crippen LogP contribution in [0.5, 0.6) is 0 Å². The molecule has 0 saturated heterocycles. The molecule has 4 heteroatoms. The first-order valence-corrected chi connectivity index (χ1v) is 6.31. The maximum absolute atomic E-state index is 4.22. The summed E-state index contributed by atoms with van der Waals surface area (Å²) in [7, 11) is 0. The molecule has 0 N–H and O–H groups in total. The molecule has 0 aliphatic carbocycles. The average molecular weight is 248 g/mol. The van der Waals surface area contributed by atoms with Crippen molar-refractivity contribution < 1.29 is 29.6 Å². The third-order valence-electron chi connectivity index (χ3n) is 1.94. The first-order valence-electron chi connectivity index (χ1n) is 5.32. The normalized spacial score (nSPS) is 12.4. The van der Waals surface area contributed by atoms with Gasteiger partial charge >= 0.3 is 29.6 Å². The maximum Gasteiger partial charge on any atom is 1.00 e. The van der Waals surface area contributed by atoms with E-state index in [-0.39, 0.29) is 35.0 Å². The number of hydrogen-bond acceptors (Lipinski definition) is 2. The molecule has 0 bridgehead atoms. The van der Waals surface area contributed by atoms with Crippen LogP contribution in [-0.2, 0) is 5.41 Å². The fourth-order valence-electron chi connectivity index (χ4n) is 1.01. The summed E-state index contributed by atoms with van der Waals surface area (Å²) in [4.78, 5) is 0. The maximum atomic E-state index is 4.22. The Bertz CT molecular complexity index is 320. The number of hydrogen-bond donors (Lipinski definition) is 0. The number of rotatable bonds is 2. The number of aromatic nitrogens is 2. The van der Waals surface area contributed by atoms with E-state index in [0.717, 1.165) is 16.5 Å². The molecule has 0 fully saturated rings. The van der Waals surface area contributed by atoms with Crippen molar-refractivity contribution in [2.45, 2.75) is 52.0 Å². The summed E-state index contributed by atoms with van der Waals surface area (Å²) in [6.45, 7) is 13.2. The van der Waals surface area contributed by atoms with Crippen LogP contribution in [-0.4, -0.2) is 10.9 Å². The Morgan fingerprint density at radius 1 is 1.19 bits per heavy atom. The van der Waals surface area contributed by atoms with E-state index < -0.39 is 0 Å². The first kappa shape index (κ1) is 16.6. The van der Waals surface area contributed by atoms with Crippen molar-refractivity contribution in [3.63, 3.8) is 0 Å². The molecule has 0 aromatic carbocycles. The molecule has 16 heavy (non-hydrogen) atoms. The van der Waals surface area contributed by atoms with Gasteiger partial charge in [0.25, 0.3) is 0 Å². The molecule has 1 rings (SSSR count). The molecule has 1 aromatic rings. The monoisotopic (exact) mass is 248 g/mol. The van der Waals surface area contributed by atoms with Gasteiger partial charge in [-0.3, -0.25) is 0 Å². The Hall–Kier alpha value is 0.560. The molecular formula is C12H21N2NaS. The Labute approximate surface area is 126 Å². The van der Waals surface area contributed by atoms with Crippen LogP contribution < -0.4 is 34.7 Å². The van der Waals surface area contributed by atoms with Crippen molar-refractivity contribution in [3.8, 4) is 0 Å². The molecule has 0 unspecified atom stereocenters. The molecule has 1 aromatic heterocycles. The van der Waals surface area contributed by atoms with Gasteiger partial charge in [-0.15, -0.1) is 17.5 Å². The van der Waals surface area contributed by atoms with E-state index in [9.17, 15) is 0 Å². The molecule has 0 spiro atoms. The van der Waals surface area contributed by atoms with E-state index in [1.54, 1.807) is 11.8 Å². The molecule has 0 amide bonds. The van der Waals surface area contributed by atoms with Crippen LogP contribution >= 0.6 is 11.8 Å². The molecule has 0 atom stereocenters. The fraction of sp³-hybridized carbons (Fsp3) is 0.750. The van der Waals surface area contributed by atoms with Crippen molar-refractivity contribution in [1.29, 1.82) is 0 Å². The smallest absolute Gasteiger partial charge is 0.578 e. The molecule has 0 radical (unpaired) electrons. The van der Waals surface area contributed by atoms with Crippen LogP contribution in [0.15, 0.2) is 11.1 Å². The summed E-state index contributed by atoms with van der Waals surface area (Å²) in [6, 6.07) is 2.11. The zero-order valence-corrected chi connectivity index (χ0v) is 14.4. The summed E-state index contributed by atoms with van der Waals surface area (Å²) in [6.07, 6.45) is 0.